The lowest BCUT2D eigenvalue weighted by Gasteiger charge is -2.21. The van der Waals surface area contributed by atoms with Crippen molar-refractivity contribution < 1.29 is 42.4 Å². The Morgan fingerprint density at radius 1 is 1.38 bits per heavy atom. The van der Waals surface area contributed by atoms with Gasteiger partial charge in [-0.15, -0.1) is 0 Å². The highest BCUT2D eigenvalue weighted by atomic mass is 19.3. The standard InChI is InChI=1S/C20H28F4O5/c1-2-3-4-6-12(25)8-9-14-15-11-13(7-5-10-19(21,22)18(27)28)29-17(15)20(23,24)16(14)26/h7-9,12,14-17,25-26H,2-6,10-11H2,1H3,(H,27,28). The predicted molar refractivity (Wildman–Crippen MR) is 96.6 cm³/mol. The van der Waals surface area contributed by atoms with Crippen LogP contribution >= 0.6 is 0 Å². The van der Waals surface area contributed by atoms with E-state index in [1.807, 2.05) is 6.92 Å². The Hall–Kier alpha value is -1.61. The van der Waals surface area contributed by atoms with Gasteiger partial charge in [0.05, 0.1) is 11.9 Å². The first-order valence-electron chi connectivity index (χ1n) is 9.89. The second-order valence-corrected chi connectivity index (χ2v) is 7.77. The van der Waals surface area contributed by atoms with Crippen LogP contribution in [0.5, 0.6) is 0 Å². The number of allylic oxidation sites excluding steroid dienone is 2. The number of hydrogen-bond acceptors (Lipinski definition) is 4. The molecule has 9 heteroatoms. The maximum absolute atomic E-state index is 14.4. The van der Waals surface area contributed by atoms with Gasteiger partial charge in [-0.05, 0) is 18.9 Å². The van der Waals surface area contributed by atoms with Crippen molar-refractivity contribution in [2.45, 2.75) is 82.0 Å². The Labute approximate surface area is 167 Å². The number of rotatable bonds is 10. The van der Waals surface area contributed by atoms with Crippen molar-refractivity contribution in [3.8, 4) is 0 Å². The van der Waals surface area contributed by atoms with Crippen molar-refractivity contribution in [3.05, 3.63) is 24.0 Å². The van der Waals surface area contributed by atoms with Crippen LogP contribution < -0.4 is 0 Å². The molecular formula is C20H28F4O5. The largest absolute Gasteiger partial charge is 0.488 e. The van der Waals surface area contributed by atoms with Gasteiger partial charge >= 0.3 is 17.8 Å². The van der Waals surface area contributed by atoms with E-state index < -0.39 is 54.4 Å². The molecule has 5 unspecified atom stereocenters. The zero-order chi connectivity index (χ0) is 21.8. The zero-order valence-electron chi connectivity index (χ0n) is 16.2. The van der Waals surface area contributed by atoms with Gasteiger partial charge in [0.15, 0.2) is 6.10 Å². The quantitative estimate of drug-likeness (QED) is 0.281. The minimum atomic E-state index is -3.90. The van der Waals surface area contributed by atoms with Gasteiger partial charge in [0, 0.05) is 24.7 Å². The Bertz CT molecular complexity index is 634. The number of fused-ring (bicyclic) bond motifs is 1. The first kappa shape index (κ1) is 23.7. The fraction of sp³-hybridized carbons (Fsp3) is 0.750. The molecule has 0 radical (unpaired) electrons. The van der Waals surface area contributed by atoms with E-state index in [4.69, 9.17) is 9.84 Å². The molecule has 166 valence electrons. The van der Waals surface area contributed by atoms with Crippen molar-refractivity contribution in [3.63, 3.8) is 0 Å². The summed E-state index contributed by atoms with van der Waals surface area (Å²) in [5.41, 5.74) is 0. The number of unbranched alkanes of at least 4 members (excludes halogenated alkanes) is 2. The van der Waals surface area contributed by atoms with Gasteiger partial charge in [-0.25, -0.2) is 4.79 Å². The highest BCUT2D eigenvalue weighted by Gasteiger charge is 2.65. The molecule has 3 N–H and O–H groups in total. The normalized spacial score (nSPS) is 31.2. The van der Waals surface area contributed by atoms with Crippen LogP contribution in [0.25, 0.3) is 0 Å². The van der Waals surface area contributed by atoms with Crippen molar-refractivity contribution in [2.75, 3.05) is 0 Å². The molecule has 1 aliphatic carbocycles. The third-order valence-corrected chi connectivity index (χ3v) is 5.54. The van der Waals surface area contributed by atoms with Crippen LogP contribution in [-0.4, -0.2) is 51.4 Å². The van der Waals surface area contributed by atoms with Gasteiger partial charge in [0.25, 0.3) is 0 Å². The minimum absolute atomic E-state index is 0.0247. The number of aliphatic hydroxyl groups is 2. The lowest BCUT2D eigenvalue weighted by molar-refractivity contribution is -0.165. The lowest BCUT2D eigenvalue weighted by atomic mass is 9.90. The molecule has 2 aliphatic rings. The van der Waals surface area contributed by atoms with E-state index in [0.717, 1.165) is 19.3 Å². The van der Waals surface area contributed by atoms with E-state index in [1.165, 1.54) is 18.2 Å². The van der Waals surface area contributed by atoms with E-state index in [1.54, 1.807) is 0 Å². The fourth-order valence-corrected chi connectivity index (χ4v) is 3.86. The number of aliphatic carboxylic acids is 1. The highest BCUT2D eigenvalue weighted by Crippen LogP contribution is 2.53. The van der Waals surface area contributed by atoms with Crippen LogP contribution in [0, 0.1) is 11.8 Å². The smallest absolute Gasteiger partial charge is 0.374 e. The Morgan fingerprint density at radius 3 is 2.69 bits per heavy atom. The maximum atomic E-state index is 14.4. The van der Waals surface area contributed by atoms with Crippen molar-refractivity contribution in [1.82, 2.24) is 0 Å². The monoisotopic (exact) mass is 424 g/mol. The number of carboxylic acid groups (broad SMARTS) is 1. The zero-order valence-corrected chi connectivity index (χ0v) is 16.2. The Balaban J connectivity index is 2.02. The number of ether oxygens (including phenoxy) is 1. The molecular weight excluding hydrogens is 396 g/mol. The minimum Gasteiger partial charge on any atom is -0.488 e. The summed E-state index contributed by atoms with van der Waals surface area (Å²) in [6, 6.07) is 0. The molecule has 0 spiro atoms. The summed E-state index contributed by atoms with van der Waals surface area (Å²) in [5, 5.41) is 28.4. The van der Waals surface area contributed by atoms with E-state index in [2.05, 4.69) is 0 Å². The number of carboxylic acids is 1. The fourth-order valence-electron chi connectivity index (χ4n) is 3.86. The molecule has 0 aromatic carbocycles. The van der Waals surface area contributed by atoms with Crippen molar-refractivity contribution in [1.29, 1.82) is 0 Å². The van der Waals surface area contributed by atoms with Gasteiger partial charge in [-0.3, -0.25) is 0 Å². The number of hydrogen-bond donors (Lipinski definition) is 3. The predicted octanol–water partition coefficient (Wildman–Crippen LogP) is 3.90. The SMILES string of the molecule is CCCCCC(O)C=CC1C2CC(=CCCC(F)(F)C(=O)O)OC2C(F)(F)C1O. The molecule has 1 saturated heterocycles. The summed E-state index contributed by atoms with van der Waals surface area (Å²) in [5.74, 6) is -11.3. The molecule has 1 saturated carbocycles. The van der Waals surface area contributed by atoms with Gasteiger partial charge in [-0.1, -0.05) is 38.3 Å². The Morgan fingerprint density at radius 2 is 2.07 bits per heavy atom. The lowest BCUT2D eigenvalue weighted by Crippen LogP contribution is -2.39. The summed E-state index contributed by atoms with van der Waals surface area (Å²) >= 11 is 0. The molecule has 5 atom stereocenters. The van der Waals surface area contributed by atoms with E-state index in [9.17, 15) is 32.6 Å². The molecule has 0 bridgehead atoms. The molecule has 0 amide bonds. The van der Waals surface area contributed by atoms with Gasteiger partial charge in [0.2, 0.25) is 0 Å². The highest BCUT2D eigenvalue weighted by molar-refractivity contribution is 5.75. The topological polar surface area (TPSA) is 87.0 Å². The third kappa shape index (κ3) is 5.51. The van der Waals surface area contributed by atoms with Crippen LogP contribution in [-0.2, 0) is 9.53 Å². The van der Waals surface area contributed by atoms with Crippen LogP contribution in [0.4, 0.5) is 17.6 Å². The van der Waals surface area contributed by atoms with Gasteiger partial charge < -0.3 is 20.1 Å². The summed E-state index contributed by atoms with van der Waals surface area (Å²) in [6.45, 7) is 2.02. The van der Waals surface area contributed by atoms with Crippen LogP contribution in [0.1, 0.15) is 51.9 Å². The molecule has 2 fully saturated rings. The van der Waals surface area contributed by atoms with Gasteiger partial charge in [-0.2, -0.15) is 17.6 Å². The maximum Gasteiger partial charge on any atom is 0.374 e. The molecule has 0 aromatic heterocycles. The second kappa shape index (κ2) is 9.47. The molecule has 1 heterocycles. The number of aliphatic hydroxyl groups excluding tert-OH is 2. The van der Waals surface area contributed by atoms with Gasteiger partial charge in [0.1, 0.15) is 6.10 Å². The Kier molecular flexibility index (Phi) is 7.73. The molecule has 29 heavy (non-hydrogen) atoms. The molecule has 5 nitrogen and oxygen atoms in total. The number of alkyl halides is 4. The molecule has 2 rings (SSSR count). The summed E-state index contributed by atoms with van der Waals surface area (Å²) < 4.78 is 60.3. The van der Waals surface area contributed by atoms with Crippen molar-refractivity contribution >= 4 is 5.97 Å². The molecule has 0 aromatic rings. The van der Waals surface area contributed by atoms with Crippen molar-refractivity contribution in [2.24, 2.45) is 11.8 Å². The van der Waals surface area contributed by atoms with E-state index in [-0.39, 0.29) is 18.6 Å². The first-order chi connectivity index (χ1) is 13.5. The van der Waals surface area contributed by atoms with Crippen LogP contribution in [0.3, 0.4) is 0 Å². The van der Waals surface area contributed by atoms with E-state index in [0.29, 0.717) is 6.42 Å². The van der Waals surface area contributed by atoms with Crippen LogP contribution in [0.15, 0.2) is 24.0 Å². The number of carbonyl (C=O) groups is 1. The average molecular weight is 424 g/mol. The van der Waals surface area contributed by atoms with Crippen LogP contribution in [0.2, 0.25) is 0 Å². The summed E-state index contributed by atoms with van der Waals surface area (Å²) in [4.78, 5) is 10.4. The summed E-state index contributed by atoms with van der Waals surface area (Å²) in [6.07, 6.45) is 1.63. The third-order valence-electron chi connectivity index (χ3n) is 5.54. The average Bonchev–Trinajstić information content (AvgIpc) is 3.12. The molecule has 1 aliphatic heterocycles. The number of halogens is 4. The summed E-state index contributed by atoms with van der Waals surface area (Å²) in [7, 11) is 0. The van der Waals surface area contributed by atoms with E-state index >= 15 is 0 Å². The second-order valence-electron chi connectivity index (χ2n) is 7.77. The first-order valence-corrected chi connectivity index (χ1v) is 9.89.